The molecule has 4 rings (SSSR count). The number of H-pyrrole nitrogens is 1. The van der Waals surface area contributed by atoms with Crippen molar-refractivity contribution >= 4 is 0 Å². The number of halogens is 1. The fraction of sp³-hybridized carbons (Fsp3) is 0.350. The summed E-state index contributed by atoms with van der Waals surface area (Å²) in [4.78, 5) is 19.4. The van der Waals surface area contributed by atoms with Gasteiger partial charge in [0.05, 0.1) is 12.2 Å². The molecular weight excluding hydrogens is 365 g/mol. The van der Waals surface area contributed by atoms with Crippen LogP contribution in [0.3, 0.4) is 0 Å². The maximum atomic E-state index is 15.2. The SMILES string of the molecule is CC(C)Oc1cc(C2(F)CC(Oc3ccc(-c4cc(=O)[nH]o4)cn3)C2)ccn1. The molecule has 0 spiro atoms. The van der Waals surface area contributed by atoms with E-state index in [1.54, 1.807) is 36.7 Å². The highest BCUT2D eigenvalue weighted by atomic mass is 19.1. The van der Waals surface area contributed by atoms with Gasteiger partial charge in [-0.3, -0.25) is 4.79 Å². The molecule has 7 nitrogen and oxygen atoms in total. The van der Waals surface area contributed by atoms with Crippen molar-refractivity contribution in [3.05, 3.63) is 58.6 Å². The van der Waals surface area contributed by atoms with E-state index in [0.717, 1.165) is 0 Å². The molecule has 8 heteroatoms. The average molecular weight is 385 g/mol. The van der Waals surface area contributed by atoms with Crippen LogP contribution in [0.2, 0.25) is 0 Å². The van der Waals surface area contributed by atoms with Crippen LogP contribution in [0.5, 0.6) is 11.8 Å². The topological polar surface area (TPSA) is 90.2 Å². The van der Waals surface area contributed by atoms with Gasteiger partial charge < -0.3 is 14.0 Å². The summed E-state index contributed by atoms with van der Waals surface area (Å²) in [6.07, 6.45) is 3.27. The second-order valence-corrected chi connectivity index (χ2v) is 7.12. The third-order valence-electron chi connectivity index (χ3n) is 4.54. The summed E-state index contributed by atoms with van der Waals surface area (Å²) < 4.78 is 31.5. The molecular formula is C20H20FN3O4. The third kappa shape index (κ3) is 3.76. The number of aromatic nitrogens is 3. The van der Waals surface area contributed by atoms with Crippen LogP contribution >= 0.6 is 0 Å². The van der Waals surface area contributed by atoms with Gasteiger partial charge in [0, 0.05) is 42.9 Å². The van der Waals surface area contributed by atoms with Crippen LogP contribution in [0.25, 0.3) is 11.3 Å². The average Bonchev–Trinajstić information content (AvgIpc) is 3.07. The number of pyridine rings is 2. The summed E-state index contributed by atoms with van der Waals surface area (Å²) in [5.74, 6) is 1.21. The van der Waals surface area contributed by atoms with E-state index in [1.165, 1.54) is 6.07 Å². The maximum absolute atomic E-state index is 15.2. The molecule has 1 aliphatic carbocycles. The van der Waals surface area contributed by atoms with E-state index in [4.69, 9.17) is 14.0 Å². The normalized spacial score (nSPS) is 21.4. The van der Waals surface area contributed by atoms with E-state index in [9.17, 15) is 4.79 Å². The Bertz CT molecular complexity index is 1010. The van der Waals surface area contributed by atoms with Crippen LogP contribution in [0, 0.1) is 0 Å². The molecule has 0 saturated heterocycles. The van der Waals surface area contributed by atoms with Crippen molar-refractivity contribution in [2.75, 3.05) is 0 Å². The maximum Gasteiger partial charge on any atom is 0.280 e. The molecule has 0 bridgehead atoms. The minimum Gasteiger partial charge on any atom is -0.475 e. The van der Waals surface area contributed by atoms with E-state index >= 15 is 4.39 Å². The van der Waals surface area contributed by atoms with Gasteiger partial charge in [-0.15, -0.1) is 0 Å². The van der Waals surface area contributed by atoms with Gasteiger partial charge in [0.2, 0.25) is 11.8 Å². The first-order valence-corrected chi connectivity index (χ1v) is 9.05. The monoisotopic (exact) mass is 385 g/mol. The zero-order valence-electron chi connectivity index (χ0n) is 15.5. The highest BCUT2D eigenvalue weighted by Crippen LogP contribution is 2.47. The lowest BCUT2D eigenvalue weighted by Crippen LogP contribution is -2.44. The first-order chi connectivity index (χ1) is 13.4. The predicted octanol–water partition coefficient (Wildman–Crippen LogP) is 3.62. The zero-order chi connectivity index (χ0) is 19.7. The van der Waals surface area contributed by atoms with E-state index < -0.39 is 5.67 Å². The van der Waals surface area contributed by atoms with Crippen LogP contribution in [0.4, 0.5) is 4.39 Å². The molecule has 1 N–H and O–H groups in total. The van der Waals surface area contributed by atoms with Gasteiger partial charge in [0.1, 0.15) is 11.8 Å². The van der Waals surface area contributed by atoms with Gasteiger partial charge in [-0.1, -0.05) is 0 Å². The van der Waals surface area contributed by atoms with Crippen molar-refractivity contribution in [1.82, 2.24) is 15.1 Å². The van der Waals surface area contributed by atoms with Gasteiger partial charge in [0.15, 0.2) is 5.76 Å². The number of ether oxygens (including phenoxy) is 2. The smallest absolute Gasteiger partial charge is 0.280 e. The minimum absolute atomic E-state index is 0.0240. The van der Waals surface area contributed by atoms with Crippen LogP contribution < -0.4 is 15.0 Å². The fourth-order valence-electron chi connectivity index (χ4n) is 3.17. The quantitative estimate of drug-likeness (QED) is 0.697. The van der Waals surface area contributed by atoms with Gasteiger partial charge in [-0.2, -0.15) is 5.16 Å². The molecule has 1 saturated carbocycles. The Kier molecular flexibility index (Phi) is 4.62. The van der Waals surface area contributed by atoms with E-state index in [-0.39, 0.29) is 30.6 Å². The standard InChI is InChI=1S/C20H20FN3O4/c1-12(2)26-19-7-14(5-6-22-19)20(21)9-15(10-20)27-18-4-3-13(11-23-18)16-8-17(25)24-28-16/h3-8,11-12,15H,9-10H2,1-2H3,(H,24,25). The molecule has 28 heavy (non-hydrogen) atoms. The summed E-state index contributed by atoms with van der Waals surface area (Å²) in [6, 6.07) is 8.05. The number of hydrogen-bond donors (Lipinski definition) is 1. The molecule has 0 radical (unpaired) electrons. The number of nitrogens with one attached hydrogen (secondary N) is 1. The zero-order valence-corrected chi connectivity index (χ0v) is 15.5. The molecule has 1 aliphatic rings. The lowest BCUT2D eigenvalue weighted by atomic mass is 9.74. The molecule has 3 aromatic heterocycles. The van der Waals surface area contributed by atoms with Crippen molar-refractivity contribution in [3.8, 4) is 23.1 Å². The number of nitrogens with zero attached hydrogens (tertiary/aromatic N) is 2. The van der Waals surface area contributed by atoms with Gasteiger partial charge >= 0.3 is 0 Å². The first kappa shape index (κ1) is 18.2. The number of rotatable bonds is 6. The Morgan fingerprint density at radius 2 is 2.04 bits per heavy atom. The Balaban J connectivity index is 1.38. The highest BCUT2D eigenvalue weighted by molar-refractivity contribution is 5.55. The summed E-state index contributed by atoms with van der Waals surface area (Å²) >= 11 is 0. The van der Waals surface area contributed by atoms with Crippen molar-refractivity contribution in [1.29, 1.82) is 0 Å². The van der Waals surface area contributed by atoms with Gasteiger partial charge in [0.25, 0.3) is 5.56 Å². The first-order valence-electron chi connectivity index (χ1n) is 9.05. The van der Waals surface area contributed by atoms with E-state index in [0.29, 0.717) is 28.6 Å². The molecule has 1 fully saturated rings. The molecule has 0 amide bonds. The Morgan fingerprint density at radius 3 is 2.68 bits per heavy atom. The molecule has 3 aromatic rings. The van der Waals surface area contributed by atoms with Gasteiger partial charge in [-0.05, 0) is 31.5 Å². The number of aromatic amines is 1. The second kappa shape index (κ2) is 7.10. The Hall–Kier alpha value is -3.16. The molecule has 0 unspecified atom stereocenters. The third-order valence-corrected chi connectivity index (χ3v) is 4.54. The molecule has 0 atom stereocenters. The van der Waals surface area contributed by atoms with E-state index in [2.05, 4.69) is 15.1 Å². The molecule has 146 valence electrons. The number of alkyl halides is 1. The molecule has 0 aromatic carbocycles. The van der Waals surface area contributed by atoms with Crippen LogP contribution in [0.1, 0.15) is 32.3 Å². The van der Waals surface area contributed by atoms with Gasteiger partial charge in [-0.25, -0.2) is 14.4 Å². The molecule has 3 heterocycles. The summed E-state index contributed by atoms with van der Waals surface area (Å²) in [6.45, 7) is 3.80. The predicted molar refractivity (Wildman–Crippen MR) is 99.0 cm³/mol. The Labute approximate surface area is 160 Å². The lowest BCUT2D eigenvalue weighted by molar-refractivity contribution is -0.0488. The summed E-state index contributed by atoms with van der Waals surface area (Å²) in [7, 11) is 0. The molecule has 0 aliphatic heterocycles. The Morgan fingerprint density at radius 1 is 1.21 bits per heavy atom. The van der Waals surface area contributed by atoms with E-state index in [1.807, 2.05) is 13.8 Å². The summed E-state index contributed by atoms with van der Waals surface area (Å²) in [5.41, 5.74) is -0.587. The van der Waals surface area contributed by atoms with Crippen LogP contribution in [-0.2, 0) is 5.67 Å². The lowest BCUT2D eigenvalue weighted by Gasteiger charge is -2.41. The fourth-order valence-corrected chi connectivity index (χ4v) is 3.17. The van der Waals surface area contributed by atoms with Crippen LogP contribution in [-0.4, -0.2) is 27.3 Å². The van der Waals surface area contributed by atoms with Crippen LogP contribution in [0.15, 0.2) is 52.0 Å². The second-order valence-electron chi connectivity index (χ2n) is 7.12. The van der Waals surface area contributed by atoms with Crippen molar-refractivity contribution < 1.29 is 18.4 Å². The van der Waals surface area contributed by atoms with Crippen molar-refractivity contribution in [3.63, 3.8) is 0 Å². The van der Waals surface area contributed by atoms with Crippen molar-refractivity contribution in [2.45, 2.75) is 44.6 Å². The van der Waals surface area contributed by atoms with Crippen molar-refractivity contribution in [2.24, 2.45) is 0 Å². The summed E-state index contributed by atoms with van der Waals surface area (Å²) in [5, 5.41) is 2.23. The number of hydrogen-bond acceptors (Lipinski definition) is 6. The largest absolute Gasteiger partial charge is 0.475 e. The highest BCUT2D eigenvalue weighted by Gasteiger charge is 2.48. The minimum atomic E-state index is -1.46.